The van der Waals surface area contributed by atoms with Crippen LogP contribution in [0.25, 0.3) is 0 Å². The summed E-state index contributed by atoms with van der Waals surface area (Å²) < 4.78 is 18.3. The van der Waals surface area contributed by atoms with E-state index in [0.717, 1.165) is 18.4 Å². The van der Waals surface area contributed by atoms with Gasteiger partial charge in [-0.1, -0.05) is 71.3 Å². The van der Waals surface area contributed by atoms with Crippen molar-refractivity contribution in [3.63, 3.8) is 0 Å². The van der Waals surface area contributed by atoms with Gasteiger partial charge in [0.25, 0.3) is 5.91 Å². The van der Waals surface area contributed by atoms with Gasteiger partial charge in [0.15, 0.2) is 0 Å². The summed E-state index contributed by atoms with van der Waals surface area (Å²) in [5.74, 6) is -2.75. The summed E-state index contributed by atoms with van der Waals surface area (Å²) >= 11 is 3.63. The monoisotopic (exact) mass is 735 g/mol. The van der Waals surface area contributed by atoms with Crippen LogP contribution in [0.15, 0.2) is 77.3 Å². The van der Waals surface area contributed by atoms with Crippen molar-refractivity contribution in [3.8, 4) is 5.75 Å². The van der Waals surface area contributed by atoms with Gasteiger partial charge in [-0.2, -0.15) is 0 Å². The van der Waals surface area contributed by atoms with Crippen LogP contribution >= 0.6 is 15.9 Å². The molecule has 2 fully saturated rings. The fourth-order valence-electron chi connectivity index (χ4n) is 7.44. The number of halogens is 1. The Balaban J connectivity index is 1.42. The number of aliphatic hydroxyl groups excluding tert-OH is 1. The third-order valence-electron chi connectivity index (χ3n) is 9.82. The number of carbonyl (C=O) groups is 4. The van der Waals surface area contributed by atoms with Crippen LogP contribution in [0.1, 0.15) is 50.1 Å². The molecule has 0 radical (unpaired) electrons. The molecule has 6 rings (SSSR count). The zero-order valence-corrected chi connectivity index (χ0v) is 29.0. The molecule has 260 valence electrons. The van der Waals surface area contributed by atoms with E-state index < -0.39 is 47.5 Å². The summed E-state index contributed by atoms with van der Waals surface area (Å²) in [6.45, 7) is 0.475. The molecule has 2 aromatic carbocycles. The maximum atomic E-state index is 15.0. The van der Waals surface area contributed by atoms with Gasteiger partial charge in [0.05, 0.1) is 25.0 Å². The van der Waals surface area contributed by atoms with Gasteiger partial charge in [-0.05, 0) is 55.2 Å². The number of methoxy groups -OCH3 is 1. The van der Waals surface area contributed by atoms with E-state index in [1.54, 1.807) is 41.2 Å². The third kappa shape index (κ3) is 6.91. The molecule has 4 aliphatic rings. The molecule has 0 saturated carbocycles. The quantitative estimate of drug-likeness (QED) is 0.222. The molecule has 2 saturated heterocycles. The van der Waals surface area contributed by atoms with Crippen molar-refractivity contribution in [2.24, 2.45) is 11.8 Å². The molecule has 2 aromatic rings. The average Bonchev–Trinajstić information content (AvgIpc) is 3.71. The van der Waals surface area contributed by atoms with Crippen LogP contribution in [0.2, 0.25) is 0 Å². The van der Waals surface area contributed by atoms with Crippen LogP contribution in [0, 0.1) is 11.8 Å². The molecule has 3 amide bonds. The van der Waals surface area contributed by atoms with Crippen LogP contribution in [0.4, 0.5) is 5.69 Å². The van der Waals surface area contributed by atoms with Crippen molar-refractivity contribution in [1.82, 2.24) is 10.2 Å². The molecular formula is C37H42BrN3O8. The predicted molar refractivity (Wildman–Crippen MR) is 185 cm³/mol. The SMILES string of the molecule is COc1ccc(N2C/C=C\CCC(=O)OC[C@@H](c3ccccc3)NC(=O)[C@@H]3[C@H]4O[C@@]5(C=C4Br)[C@H](C2=O)N(CCCCCCO)C(=O)[C@@H]35)cc1. The maximum absolute atomic E-state index is 15.0. The Morgan fingerprint density at radius 3 is 2.47 bits per heavy atom. The number of carbonyl (C=O) groups excluding carboxylic acids is 4. The van der Waals surface area contributed by atoms with Crippen LogP contribution in [0.3, 0.4) is 0 Å². The molecule has 4 aliphatic heterocycles. The van der Waals surface area contributed by atoms with Crippen LogP contribution in [0.5, 0.6) is 5.75 Å². The van der Waals surface area contributed by atoms with Gasteiger partial charge < -0.3 is 34.4 Å². The molecule has 12 heteroatoms. The molecule has 6 atom stereocenters. The number of hydrogen-bond donors (Lipinski definition) is 2. The minimum absolute atomic E-state index is 0.0797. The van der Waals surface area contributed by atoms with E-state index in [9.17, 15) is 24.3 Å². The summed E-state index contributed by atoms with van der Waals surface area (Å²) in [6.07, 6.45) is 8.05. The Bertz CT molecular complexity index is 1600. The van der Waals surface area contributed by atoms with Gasteiger partial charge >= 0.3 is 5.97 Å². The fraction of sp³-hybridized carbons (Fsp3) is 0.459. The number of allylic oxidation sites excluding steroid dienone is 1. The number of likely N-dealkylation sites (tertiary alicyclic amines) is 1. The Hall–Kier alpha value is -4.00. The number of aliphatic hydroxyl groups is 1. The second kappa shape index (κ2) is 15.3. The van der Waals surface area contributed by atoms with Crippen molar-refractivity contribution in [2.75, 3.05) is 38.3 Å². The van der Waals surface area contributed by atoms with Gasteiger partial charge in [0, 0.05) is 36.3 Å². The van der Waals surface area contributed by atoms with Crippen LogP contribution < -0.4 is 15.0 Å². The highest BCUT2D eigenvalue weighted by molar-refractivity contribution is 9.11. The normalized spacial score (nSPS) is 29.4. The molecule has 1 spiro atoms. The second-order valence-electron chi connectivity index (χ2n) is 12.8. The number of esters is 1. The van der Waals surface area contributed by atoms with Crippen molar-refractivity contribution in [1.29, 1.82) is 0 Å². The maximum Gasteiger partial charge on any atom is 0.306 e. The number of benzene rings is 2. The molecule has 0 unspecified atom stereocenters. The zero-order chi connectivity index (χ0) is 34.5. The van der Waals surface area contributed by atoms with Gasteiger partial charge in [-0.15, -0.1) is 0 Å². The highest BCUT2D eigenvalue weighted by Crippen LogP contribution is 2.58. The van der Waals surface area contributed by atoms with E-state index in [-0.39, 0.29) is 38.0 Å². The summed E-state index contributed by atoms with van der Waals surface area (Å²) in [5.41, 5.74) is -0.0409. The number of unbranched alkanes of at least 4 members (excludes halogenated alkanes) is 3. The average molecular weight is 737 g/mol. The number of nitrogens with one attached hydrogen (secondary N) is 1. The molecule has 4 heterocycles. The van der Waals surface area contributed by atoms with E-state index in [0.29, 0.717) is 41.7 Å². The number of fused-ring (bicyclic) bond motifs is 2. The van der Waals surface area contributed by atoms with Gasteiger partial charge in [0.1, 0.15) is 30.1 Å². The Labute approximate surface area is 294 Å². The lowest BCUT2D eigenvalue weighted by atomic mass is 9.74. The number of nitrogens with zero attached hydrogens (tertiary/aromatic N) is 2. The largest absolute Gasteiger partial charge is 0.497 e. The van der Waals surface area contributed by atoms with Crippen LogP contribution in [-0.4, -0.2) is 84.9 Å². The summed E-state index contributed by atoms with van der Waals surface area (Å²) in [7, 11) is 1.57. The summed E-state index contributed by atoms with van der Waals surface area (Å²) in [4.78, 5) is 59.8. The van der Waals surface area contributed by atoms with E-state index in [2.05, 4.69) is 21.2 Å². The number of hydrogen-bond acceptors (Lipinski definition) is 8. The molecule has 5 bridgehead atoms. The first kappa shape index (κ1) is 34.8. The van der Waals surface area contributed by atoms with Gasteiger partial charge in [0.2, 0.25) is 11.8 Å². The number of anilines is 1. The Morgan fingerprint density at radius 2 is 1.73 bits per heavy atom. The summed E-state index contributed by atoms with van der Waals surface area (Å²) in [5, 5.41) is 12.3. The number of ether oxygens (including phenoxy) is 3. The first-order valence-electron chi connectivity index (χ1n) is 16.9. The first-order valence-corrected chi connectivity index (χ1v) is 17.7. The highest BCUT2D eigenvalue weighted by atomic mass is 79.9. The lowest BCUT2D eigenvalue weighted by Crippen LogP contribution is -2.56. The standard InChI is InChI=1S/C37H42BrN3O8/c1-47-26-17-15-25(16-18-26)40-19-10-5-8-14-29(43)48-23-28(24-12-6-4-7-13-24)39-34(44)30-31-35(45)41(20-9-2-3-11-21-42)33(36(40)46)37(31)22-27(38)32(30)49-37/h4-7,10,12-13,15-18,22,28,30-33,42H,2-3,8-9,11,14,19-21,23H2,1H3,(H,39,44)/b10-5-/t28-,30-,31+,32-,33-,37+/m0/s1. The zero-order valence-electron chi connectivity index (χ0n) is 27.5. The molecule has 0 aromatic heterocycles. The molecule has 49 heavy (non-hydrogen) atoms. The van der Waals surface area contributed by atoms with Crippen molar-refractivity contribution >= 4 is 45.3 Å². The van der Waals surface area contributed by atoms with Gasteiger partial charge in [-0.3, -0.25) is 19.2 Å². The number of amides is 3. The van der Waals surface area contributed by atoms with Crippen molar-refractivity contribution in [2.45, 2.75) is 62.3 Å². The highest BCUT2D eigenvalue weighted by Gasteiger charge is 2.74. The number of rotatable bonds is 9. The first-order chi connectivity index (χ1) is 23.8. The van der Waals surface area contributed by atoms with Crippen molar-refractivity contribution < 1.29 is 38.5 Å². The minimum Gasteiger partial charge on any atom is -0.497 e. The van der Waals surface area contributed by atoms with E-state index in [1.807, 2.05) is 48.6 Å². The Morgan fingerprint density at radius 1 is 0.980 bits per heavy atom. The van der Waals surface area contributed by atoms with Gasteiger partial charge in [-0.25, -0.2) is 0 Å². The second-order valence-corrected chi connectivity index (χ2v) is 13.7. The van der Waals surface area contributed by atoms with E-state index >= 15 is 0 Å². The fourth-order valence-corrected chi connectivity index (χ4v) is 8.17. The Kier molecular flexibility index (Phi) is 10.9. The predicted octanol–water partition coefficient (Wildman–Crippen LogP) is 4.20. The smallest absolute Gasteiger partial charge is 0.306 e. The minimum atomic E-state index is -1.39. The molecule has 0 aliphatic carbocycles. The number of cyclic esters (lactones) is 1. The van der Waals surface area contributed by atoms with E-state index in [4.69, 9.17) is 14.2 Å². The van der Waals surface area contributed by atoms with E-state index in [1.165, 1.54) is 0 Å². The molecule has 2 N–H and O–H groups in total. The lowest BCUT2D eigenvalue weighted by molar-refractivity contribution is -0.145. The molecule has 11 nitrogen and oxygen atoms in total. The third-order valence-corrected chi connectivity index (χ3v) is 10.5. The lowest BCUT2D eigenvalue weighted by Gasteiger charge is -2.36. The summed E-state index contributed by atoms with van der Waals surface area (Å²) in [6, 6.07) is 14.6. The molecular weight excluding hydrogens is 694 g/mol. The van der Waals surface area contributed by atoms with Crippen LogP contribution in [-0.2, 0) is 28.7 Å². The topological polar surface area (TPSA) is 135 Å². The van der Waals surface area contributed by atoms with Crippen molar-refractivity contribution in [3.05, 3.63) is 82.9 Å².